The average Bonchev–Trinajstić information content (AvgIpc) is 2.39. The molecule has 0 aliphatic heterocycles. The van der Waals surface area contributed by atoms with E-state index in [1.54, 1.807) is 25.3 Å². The highest BCUT2D eigenvalue weighted by Crippen LogP contribution is 2.21. The minimum atomic E-state index is -0.736. The van der Waals surface area contributed by atoms with Crippen molar-refractivity contribution in [3.63, 3.8) is 0 Å². The van der Waals surface area contributed by atoms with E-state index in [9.17, 15) is 9.90 Å². The van der Waals surface area contributed by atoms with Crippen LogP contribution >= 0.6 is 11.6 Å². The maximum absolute atomic E-state index is 11.4. The number of carbonyl (C=O) groups is 1. The van der Waals surface area contributed by atoms with E-state index in [1.807, 2.05) is 6.07 Å². The predicted octanol–water partition coefficient (Wildman–Crippen LogP) is 0.726. The summed E-state index contributed by atoms with van der Waals surface area (Å²) in [6.07, 6.45) is -0.736. The van der Waals surface area contributed by atoms with Gasteiger partial charge in [-0.3, -0.25) is 4.79 Å². The van der Waals surface area contributed by atoms with Crippen LogP contribution in [-0.4, -0.2) is 44.4 Å². The van der Waals surface area contributed by atoms with Crippen LogP contribution in [0.1, 0.15) is 11.7 Å². The number of hydrogen-bond donors (Lipinski definition) is 3. The first kappa shape index (κ1) is 15.9. The zero-order chi connectivity index (χ0) is 14.1. The van der Waals surface area contributed by atoms with E-state index in [0.29, 0.717) is 23.7 Å². The molecule has 1 rings (SSSR count). The van der Waals surface area contributed by atoms with E-state index in [4.69, 9.17) is 16.3 Å². The highest BCUT2D eigenvalue weighted by Gasteiger charge is 2.11. The maximum atomic E-state index is 11.4. The smallest absolute Gasteiger partial charge is 0.234 e. The van der Waals surface area contributed by atoms with Gasteiger partial charge in [-0.1, -0.05) is 29.8 Å². The third-order valence-corrected chi connectivity index (χ3v) is 2.86. The molecule has 3 N–H and O–H groups in total. The molecule has 6 heteroatoms. The Labute approximate surface area is 117 Å². The molecule has 0 saturated carbocycles. The summed E-state index contributed by atoms with van der Waals surface area (Å²) in [6, 6.07) is 7.09. The number of hydrogen-bond acceptors (Lipinski definition) is 4. The van der Waals surface area contributed by atoms with Crippen molar-refractivity contribution in [2.24, 2.45) is 0 Å². The number of carbonyl (C=O) groups excluding carboxylic acids is 1. The third kappa shape index (κ3) is 6.02. The topological polar surface area (TPSA) is 70.6 Å². The van der Waals surface area contributed by atoms with Crippen molar-refractivity contribution < 1.29 is 14.6 Å². The van der Waals surface area contributed by atoms with Crippen LogP contribution in [-0.2, 0) is 9.53 Å². The standard InChI is InChI=1S/C13H19ClN2O3/c1-19-7-6-16-13(18)9-15-8-12(17)10-4-2-3-5-11(10)14/h2-5,12,15,17H,6-9H2,1H3,(H,16,18). The van der Waals surface area contributed by atoms with Crippen molar-refractivity contribution in [2.45, 2.75) is 6.10 Å². The molecular formula is C13H19ClN2O3. The summed E-state index contributed by atoms with van der Waals surface area (Å²) in [7, 11) is 1.57. The minimum absolute atomic E-state index is 0.136. The molecule has 0 fully saturated rings. The van der Waals surface area contributed by atoms with Gasteiger partial charge in [-0.25, -0.2) is 0 Å². The van der Waals surface area contributed by atoms with Gasteiger partial charge >= 0.3 is 0 Å². The van der Waals surface area contributed by atoms with Gasteiger partial charge in [0.1, 0.15) is 0 Å². The lowest BCUT2D eigenvalue weighted by atomic mass is 10.1. The lowest BCUT2D eigenvalue weighted by Gasteiger charge is -2.13. The van der Waals surface area contributed by atoms with Crippen molar-refractivity contribution in [1.82, 2.24) is 10.6 Å². The SMILES string of the molecule is COCCNC(=O)CNCC(O)c1ccccc1Cl. The van der Waals surface area contributed by atoms with E-state index >= 15 is 0 Å². The number of nitrogens with one attached hydrogen (secondary N) is 2. The van der Waals surface area contributed by atoms with E-state index in [1.165, 1.54) is 0 Å². The van der Waals surface area contributed by atoms with Gasteiger partial charge in [0.2, 0.25) is 5.91 Å². The summed E-state index contributed by atoms with van der Waals surface area (Å²) in [4.78, 5) is 11.4. The number of benzene rings is 1. The summed E-state index contributed by atoms with van der Waals surface area (Å²) in [5.41, 5.74) is 0.649. The molecule has 1 unspecified atom stereocenters. The molecule has 19 heavy (non-hydrogen) atoms. The number of methoxy groups -OCH3 is 1. The van der Waals surface area contributed by atoms with Crippen molar-refractivity contribution in [3.8, 4) is 0 Å². The average molecular weight is 287 g/mol. The van der Waals surface area contributed by atoms with Gasteiger partial charge in [0.05, 0.1) is 19.3 Å². The highest BCUT2D eigenvalue weighted by atomic mass is 35.5. The Balaban J connectivity index is 2.26. The van der Waals surface area contributed by atoms with Crippen LogP contribution in [0.4, 0.5) is 0 Å². The lowest BCUT2D eigenvalue weighted by molar-refractivity contribution is -0.120. The number of aliphatic hydroxyl groups is 1. The first-order valence-corrected chi connectivity index (χ1v) is 6.41. The molecule has 1 atom stereocenters. The van der Waals surface area contributed by atoms with Crippen LogP contribution in [0.25, 0.3) is 0 Å². The Kier molecular flexibility index (Phi) is 7.43. The molecule has 1 aromatic rings. The molecule has 0 aliphatic carbocycles. The summed E-state index contributed by atoms with van der Waals surface area (Å²) in [6.45, 7) is 1.37. The molecule has 0 aromatic heterocycles. The van der Waals surface area contributed by atoms with Gasteiger partial charge in [0.25, 0.3) is 0 Å². The van der Waals surface area contributed by atoms with Gasteiger partial charge in [-0.05, 0) is 6.07 Å². The first-order chi connectivity index (χ1) is 9.15. The fourth-order valence-electron chi connectivity index (χ4n) is 1.53. The summed E-state index contributed by atoms with van der Waals surface area (Å²) >= 11 is 5.96. The van der Waals surface area contributed by atoms with Crippen LogP contribution in [0, 0.1) is 0 Å². The fourth-order valence-corrected chi connectivity index (χ4v) is 1.79. The third-order valence-electron chi connectivity index (χ3n) is 2.52. The summed E-state index contributed by atoms with van der Waals surface area (Å²) in [5.74, 6) is -0.136. The number of amides is 1. The first-order valence-electron chi connectivity index (χ1n) is 6.04. The van der Waals surface area contributed by atoms with E-state index in [-0.39, 0.29) is 19.0 Å². The zero-order valence-electron chi connectivity index (χ0n) is 10.9. The van der Waals surface area contributed by atoms with Crippen LogP contribution in [0.2, 0.25) is 5.02 Å². The van der Waals surface area contributed by atoms with Crippen molar-refractivity contribution in [3.05, 3.63) is 34.9 Å². The van der Waals surface area contributed by atoms with E-state index in [0.717, 1.165) is 0 Å². The van der Waals surface area contributed by atoms with Crippen molar-refractivity contribution >= 4 is 17.5 Å². The second kappa shape index (κ2) is 8.87. The van der Waals surface area contributed by atoms with Crippen molar-refractivity contribution in [1.29, 1.82) is 0 Å². The van der Waals surface area contributed by atoms with Gasteiger partial charge in [0, 0.05) is 30.8 Å². The quantitative estimate of drug-likeness (QED) is 0.616. The molecule has 0 spiro atoms. The lowest BCUT2D eigenvalue weighted by Crippen LogP contribution is -2.37. The molecular weight excluding hydrogens is 268 g/mol. The Morgan fingerprint density at radius 2 is 2.21 bits per heavy atom. The molecule has 5 nitrogen and oxygen atoms in total. The molecule has 0 heterocycles. The molecule has 0 radical (unpaired) electrons. The van der Waals surface area contributed by atoms with Gasteiger partial charge in [-0.15, -0.1) is 0 Å². The van der Waals surface area contributed by atoms with E-state index < -0.39 is 6.10 Å². The largest absolute Gasteiger partial charge is 0.387 e. The van der Waals surface area contributed by atoms with Crippen LogP contribution in [0.5, 0.6) is 0 Å². The molecule has 0 aliphatic rings. The highest BCUT2D eigenvalue weighted by molar-refractivity contribution is 6.31. The van der Waals surface area contributed by atoms with Gasteiger partial charge in [0.15, 0.2) is 0 Å². The van der Waals surface area contributed by atoms with Crippen LogP contribution < -0.4 is 10.6 Å². The molecule has 1 aromatic carbocycles. The Bertz CT molecular complexity index is 401. The van der Waals surface area contributed by atoms with Crippen LogP contribution in [0.15, 0.2) is 24.3 Å². The predicted molar refractivity (Wildman–Crippen MR) is 74.2 cm³/mol. The fraction of sp³-hybridized carbons (Fsp3) is 0.462. The maximum Gasteiger partial charge on any atom is 0.234 e. The number of rotatable bonds is 8. The summed E-state index contributed by atoms with van der Waals surface area (Å²) < 4.78 is 4.82. The minimum Gasteiger partial charge on any atom is -0.387 e. The number of halogens is 1. The monoisotopic (exact) mass is 286 g/mol. The molecule has 0 bridgehead atoms. The van der Waals surface area contributed by atoms with E-state index in [2.05, 4.69) is 10.6 Å². The van der Waals surface area contributed by atoms with Crippen molar-refractivity contribution in [2.75, 3.05) is 33.4 Å². The van der Waals surface area contributed by atoms with Crippen LogP contribution in [0.3, 0.4) is 0 Å². The normalized spacial score (nSPS) is 12.2. The Morgan fingerprint density at radius 1 is 1.47 bits per heavy atom. The second-order valence-electron chi connectivity index (χ2n) is 4.01. The van der Waals surface area contributed by atoms with Gasteiger partial charge in [-0.2, -0.15) is 0 Å². The second-order valence-corrected chi connectivity index (χ2v) is 4.42. The summed E-state index contributed by atoms with van der Waals surface area (Å²) in [5, 5.41) is 16.0. The molecule has 1 amide bonds. The molecule has 0 saturated heterocycles. The van der Waals surface area contributed by atoms with Gasteiger partial charge < -0.3 is 20.5 Å². The Hall–Kier alpha value is -1.14. The number of ether oxygens (including phenoxy) is 1. The molecule has 106 valence electrons. The number of aliphatic hydroxyl groups excluding tert-OH is 1. The zero-order valence-corrected chi connectivity index (χ0v) is 11.6. The Morgan fingerprint density at radius 3 is 2.89 bits per heavy atom.